The van der Waals surface area contributed by atoms with Crippen LogP contribution in [0, 0.1) is 12.7 Å². The topological polar surface area (TPSA) is 92.2 Å². The van der Waals surface area contributed by atoms with Crippen molar-refractivity contribution in [2.24, 2.45) is 0 Å². The fourth-order valence-corrected chi connectivity index (χ4v) is 4.01. The molecule has 3 N–H and O–H groups in total. The Morgan fingerprint density at radius 2 is 1.53 bits per heavy atom. The van der Waals surface area contributed by atoms with E-state index in [-0.39, 0.29) is 11.4 Å². The Hall–Kier alpha value is -3.50. The average Bonchev–Trinajstić information content (AvgIpc) is 3.14. The van der Waals surface area contributed by atoms with Crippen LogP contribution in [0.2, 0.25) is 0 Å². The standard InChI is InChI=1S/C24H17Br2FN4O3/c1-13-4-2-3-5-18(13)28-22(32)21-11-14-10-15(25)7-9-20(14)31(21)30-24(34)23(33)29-19-8-6-16(26)12-17(19)27/h2-12H,1H3,(H,28,32)(H,29,33)(H,30,34). The van der Waals surface area contributed by atoms with Gasteiger partial charge in [-0.3, -0.25) is 19.8 Å². The zero-order valence-corrected chi connectivity index (χ0v) is 20.8. The number of nitrogens with one attached hydrogen (secondary N) is 3. The monoisotopic (exact) mass is 586 g/mol. The quantitative estimate of drug-likeness (QED) is 0.272. The molecule has 4 rings (SSSR count). The summed E-state index contributed by atoms with van der Waals surface area (Å²) in [6, 6.07) is 18.1. The predicted molar refractivity (Wildman–Crippen MR) is 136 cm³/mol. The Balaban J connectivity index is 1.64. The van der Waals surface area contributed by atoms with Crippen LogP contribution < -0.4 is 16.1 Å². The van der Waals surface area contributed by atoms with E-state index in [0.717, 1.165) is 10.0 Å². The lowest BCUT2D eigenvalue weighted by Crippen LogP contribution is -2.36. The molecule has 0 saturated heterocycles. The molecule has 172 valence electrons. The molecular weight excluding hydrogens is 571 g/mol. The number of amides is 3. The maximum Gasteiger partial charge on any atom is 0.328 e. The van der Waals surface area contributed by atoms with Gasteiger partial charge in [0, 0.05) is 20.0 Å². The van der Waals surface area contributed by atoms with E-state index in [9.17, 15) is 18.8 Å². The van der Waals surface area contributed by atoms with Crippen LogP contribution in [-0.2, 0) is 9.59 Å². The number of anilines is 2. The molecule has 3 amide bonds. The molecule has 0 atom stereocenters. The summed E-state index contributed by atoms with van der Waals surface area (Å²) in [7, 11) is 0. The lowest BCUT2D eigenvalue weighted by molar-refractivity contribution is -0.133. The molecule has 4 aromatic rings. The minimum Gasteiger partial charge on any atom is -0.320 e. The van der Waals surface area contributed by atoms with Crippen molar-refractivity contribution in [3.63, 3.8) is 0 Å². The van der Waals surface area contributed by atoms with Gasteiger partial charge in [0.25, 0.3) is 5.91 Å². The Morgan fingerprint density at radius 1 is 0.824 bits per heavy atom. The van der Waals surface area contributed by atoms with E-state index < -0.39 is 23.5 Å². The van der Waals surface area contributed by atoms with Gasteiger partial charge in [0.15, 0.2) is 0 Å². The van der Waals surface area contributed by atoms with E-state index in [0.29, 0.717) is 21.1 Å². The number of fused-ring (bicyclic) bond motifs is 1. The van der Waals surface area contributed by atoms with Gasteiger partial charge in [-0.25, -0.2) is 9.07 Å². The van der Waals surface area contributed by atoms with Gasteiger partial charge in [0.2, 0.25) is 0 Å². The van der Waals surface area contributed by atoms with Crippen molar-refractivity contribution in [2.75, 3.05) is 16.1 Å². The summed E-state index contributed by atoms with van der Waals surface area (Å²) in [4.78, 5) is 38.2. The highest BCUT2D eigenvalue weighted by Gasteiger charge is 2.22. The first kappa shape index (κ1) is 23.7. The van der Waals surface area contributed by atoms with Crippen LogP contribution in [0.25, 0.3) is 10.9 Å². The third-order valence-electron chi connectivity index (χ3n) is 4.99. The van der Waals surface area contributed by atoms with Gasteiger partial charge in [-0.05, 0) is 61.0 Å². The maximum atomic E-state index is 14.1. The number of rotatable bonds is 4. The summed E-state index contributed by atoms with van der Waals surface area (Å²) in [5, 5.41) is 5.71. The first-order chi connectivity index (χ1) is 16.2. The van der Waals surface area contributed by atoms with Gasteiger partial charge in [0.05, 0.1) is 11.2 Å². The second-order valence-electron chi connectivity index (χ2n) is 7.36. The molecule has 0 saturated carbocycles. The van der Waals surface area contributed by atoms with Gasteiger partial charge in [0.1, 0.15) is 11.5 Å². The second kappa shape index (κ2) is 9.78. The highest BCUT2D eigenvalue weighted by atomic mass is 79.9. The summed E-state index contributed by atoms with van der Waals surface area (Å²) in [6.45, 7) is 1.86. The van der Waals surface area contributed by atoms with Crippen molar-refractivity contribution in [3.05, 3.63) is 92.8 Å². The summed E-state index contributed by atoms with van der Waals surface area (Å²) < 4.78 is 16.6. The Bertz CT molecular complexity index is 1450. The molecule has 0 fully saturated rings. The number of halogens is 3. The number of benzene rings is 3. The minimum atomic E-state index is -1.09. The Morgan fingerprint density at radius 3 is 2.26 bits per heavy atom. The summed E-state index contributed by atoms with van der Waals surface area (Å²) in [5.41, 5.74) is 4.36. The number of aromatic nitrogens is 1. The molecule has 0 unspecified atom stereocenters. The minimum absolute atomic E-state index is 0.104. The number of para-hydroxylation sites is 1. The second-order valence-corrected chi connectivity index (χ2v) is 9.19. The zero-order chi connectivity index (χ0) is 24.4. The average molecular weight is 588 g/mol. The normalized spacial score (nSPS) is 10.7. The van der Waals surface area contributed by atoms with Crippen molar-refractivity contribution in [1.29, 1.82) is 0 Å². The number of aryl methyl sites for hydroxylation is 1. The van der Waals surface area contributed by atoms with Crippen molar-refractivity contribution in [1.82, 2.24) is 4.68 Å². The van der Waals surface area contributed by atoms with E-state index in [2.05, 4.69) is 47.9 Å². The van der Waals surface area contributed by atoms with Crippen LogP contribution in [0.1, 0.15) is 16.1 Å². The van der Waals surface area contributed by atoms with E-state index >= 15 is 0 Å². The highest BCUT2D eigenvalue weighted by Crippen LogP contribution is 2.25. The maximum absolute atomic E-state index is 14.1. The molecule has 0 spiro atoms. The van der Waals surface area contributed by atoms with Crippen molar-refractivity contribution < 1.29 is 18.8 Å². The number of hydrogen-bond donors (Lipinski definition) is 3. The van der Waals surface area contributed by atoms with E-state index in [1.165, 1.54) is 22.9 Å². The number of carbonyl (C=O) groups excluding carboxylic acids is 3. The molecule has 1 heterocycles. The predicted octanol–water partition coefficient (Wildman–Crippen LogP) is 5.57. The van der Waals surface area contributed by atoms with Crippen LogP contribution >= 0.6 is 31.9 Å². The van der Waals surface area contributed by atoms with Crippen molar-refractivity contribution >= 4 is 71.9 Å². The smallest absolute Gasteiger partial charge is 0.320 e. The fourth-order valence-electron chi connectivity index (χ4n) is 3.30. The van der Waals surface area contributed by atoms with Gasteiger partial charge < -0.3 is 10.6 Å². The first-order valence-corrected chi connectivity index (χ1v) is 11.6. The van der Waals surface area contributed by atoms with Crippen LogP contribution in [0.3, 0.4) is 0 Å². The molecular formula is C24H17Br2FN4O3. The SMILES string of the molecule is Cc1ccccc1NC(=O)c1cc2cc(Br)ccc2n1NC(=O)C(=O)Nc1ccc(Br)cc1F. The zero-order valence-electron chi connectivity index (χ0n) is 17.7. The first-order valence-electron chi connectivity index (χ1n) is 9.98. The van der Waals surface area contributed by atoms with Crippen LogP contribution in [0.4, 0.5) is 15.8 Å². The highest BCUT2D eigenvalue weighted by molar-refractivity contribution is 9.10. The van der Waals surface area contributed by atoms with E-state index in [4.69, 9.17) is 0 Å². The molecule has 3 aromatic carbocycles. The van der Waals surface area contributed by atoms with E-state index in [1.54, 1.807) is 36.4 Å². The van der Waals surface area contributed by atoms with Gasteiger partial charge >= 0.3 is 11.8 Å². The molecule has 0 aliphatic rings. The molecule has 34 heavy (non-hydrogen) atoms. The van der Waals surface area contributed by atoms with Gasteiger partial charge in [-0.2, -0.15) is 0 Å². The molecule has 0 bridgehead atoms. The molecule has 0 aliphatic carbocycles. The Kier molecular flexibility index (Phi) is 6.80. The van der Waals surface area contributed by atoms with Crippen molar-refractivity contribution in [3.8, 4) is 0 Å². The Labute approximate surface area is 210 Å². The van der Waals surface area contributed by atoms with Crippen LogP contribution in [0.15, 0.2) is 75.7 Å². The van der Waals surface area contributed by atoms with Crippen LogP contribution in [0.5, 0.6) is 0 Å². The van der Waals surface area contributed by atoms with Gasteiger partial charge in [-0.15, -0.1) is 0 Å². The summed E-state index contributed by atoms with van der Waals surface area (Å²) >= 11 is 6.52. The van der Waals surface area contributed by atoms with E-state index in [1.807, 2.05) is 19.1 Å². The number of carbonyl (C=O) groups is 3. The largest absolute Gasteiger partial charge is 0.328 e. The third kappa shape index (κ3) is 5.02. The van der Waals surface area contributed by atoms with Crippen LogP contribution in [-0.4, -0.2) is 22.4 Å². The van der Waals surface area contributed by atoms with Gasteiger partial charge in [-0.1, -0.05) is 50.1 Å². The lowest BCUT2D eigenvalue weighted by atomic mass is 10.2. The fraction of sp³-hybridized carbons (Fsp3) is 0.0417. The number of hydrogen-bond acceptors (Lipinski definition) is 3. The molecule has 0 radical (unpaired) electrons. The molecule has 7 nitrogen and oxygen atoms in total. The third-order valence-corrected chi connectivity index (χ3v) is 5.97. The molecule has 10 heteroatoms. The summed E-state index contributed by atoms with van der Waals surface area (Å²) in [5.74, 6) is -3.36. The molecule has 0 aliphatic heterocycles. The molecule has 1 aromatic heterocycles. The number of nitrogens with zero attached hydrogens (tertiary/aromatic N) is 1. The summed E-state index contributed by atoms with van der Waals surface area (Å²) in [6.07, 6.45) is 0. The lowest BCUT2D eigenvalue weighted by Gasteiger charge is -2.13. The van der Waals surface area contributed by atoms with Crippen molar-refractivity contribution in [2.45, 2.75) is 6.92 Å².